The lowest BCUT2D eigenvalue weighted by Gasteiger charge is -2.35. The molecule has 2 fully saturated rings. The number of aliphatic hydroxyl groups is 1. The first kappa shape index (κ1) is 53.7. The smallest absolute Gasteiger partial charge is 0.247 e. The van der Waals surface area contributed by atoms with E-state index in [1.807, 2.05) is 52.0 Å². The van der Waals surface area contributed by atoms with Gasteiger partial charge in [-0.3, -0.25) is 33.9 Å². The van der Waals surface area contributed by atoms with Crippen LogP contribution in [-0.2, 0) is 35.3 Å². The molecule has 0 radical (unpaired) electrons. The summed E-state index contributed by atoms with van der Waals surface area (Å²) in [5.74, 6) is -3.31. The molecule has 17 nitrogen and oxygen atoms in total. The summed E-state index contributed by atoms with van der Waals surface area (Å²) in [6, 6.07) is 19.6. The van der Waals surface area contributed by atoms with Gasteiger partial charge < -0.3 is 45.3 Å². The van der Waals surface area contributed by atoms with Crippen molar-refractivity contribution in [3.8, 4) is 33.4 Å². The van der Waals surface area contributed by atoms with Gasteiger partial charge >= 0.3 is 0 Å². The first-order valence-electron chi connectivity index (χ1n) is 24.5. The lowest BCUT2D eigenvalue weighted by molar-refractivity contribution is -0.144. The van der Waals surface area contributed by atoms with Crippen molar-refractivity contribution in [1.82, 2.24) is 25.5 Å². The van der Waals surface area contributed by atoms with Crippen LogP contribution in [0.25, 0.3) is 21.3 Å². The summed E-state index contributed by atoms with van der Waals surface area (Å²) >= 11 is 1.56. The van der Waals surface area contributed by atoms with Crippen LogP contribution in [0.15, 0.2) is 96.6 Å². The number of thiazole rings is 1. The standard InChI is InChI=1S/C55H59F2N7O10S/c1-32-48(75-31-61-32)34-9-7-33(8-10-34)29-60-50(67)42-26-38(65)30-63(42)51(68)49(54(2,3)4)62-47(66)18-24-72-22-6-23-73-46-28-41-39(27-45(46)71-5)43(17-21-59-41)74-44-16-15-37(25-40(44)57)64(36-13-11-35(56)12-14-36)53(70)55(19-20-55)52(58)69/h7-17,21,25,27-28,31,38,42,49,65H,6,18-20,22-24,26,29-30H2,1-5H3,(H2,58,69)(H,60,67)(H,62,66)/t38-,42+,49?/m1/s1. The molecule has 8 rings (SSSR count). The Morgan fingerprint density at radius 1 is 0.907 bits per heavy atom. The van der Waals surface area contributed by atoms with Crippen LogP contribution in [-0.4, -0.2) is 101 Å². The van der Waals surface area contributed by atoms with E-state index in [0.29, 0.717) is 28.8 Å². The number of methoxy groups -OCH3 is 1. The predicted octanol–water partition coefficient (Wildman–Crippen LogP) is 7.66. The van der Waals surface area contributed by atoms with E-state index in [4.69, 9.17) is 24.7 Å². The fourth-order valence-electron chi connectivity index (χ4n) is 8.82. The van der Waals surface area contributed by atoms with Crippen molar-refractivity contribution in [1.29, 1.82) is 0 Å². The number of nitrogens with two attached hydrogens (primary N) is 1. The van der Waals surface area contributed by atoms with Crippen molar-refractivity contribution >= 4 is 63.2 Å². The Morgan fingerprint density at radius 3 is 2.29 bits per heavy atom. The molecule has 1 saturated heterocycles. The van der Waals surface area contributed by atoms with Crippen LogP contribution in [0, 0.1) is 29.4 Å². The number of aliphatic hydroxyl groups excluding tert-OH is 1. The summed E-state index contributed by atoms with van der Waals surface area (Å²) in [5, 5.41) is 16.8. The average molecular weight is 1050 g/mol. The summed E-state index contributed by atoms with van der Waals surface area (Å²) < 4.78 is 53.2. The van der Waals surface area contributed by atoms with E-state index < -0.39 is 70.2 Å². The van der Waals surface area contributed by atoms with Crippen LogP contribution in [0.4, 0.5) is 20.2 Å². The highest BCUT2D eigenvalue weighted by Gasteiger charge is 2.57. The third-order valence-corrected chi connectivity index (χ3v) is 14.2. The Balaban J connectivity index is 0.815. The van der Waals surface area contributed by atoms with Crippen LogP contribution in [0.1, 0.15) is 64.1 Å². The van der Waals surface area contributed by atoms with Crippen LogP contribution in [0.5, 0.6) is 23.0 Å². The Kier molecular flexibility index (Phi) is 16.4. The van der Waals surface area contributed by atoms with Crippen molar-refractivity contribution in [3.63, 3.8) is 0 Å². The highest BCUT2D eigenvalue weighted by Crippen LogP contribution is 2.49. The Hall–Kier alpha value is -7.55. The van der Waals surface area contributed by atoms with E-state index in [9.17, 15) is 33.5 Å². The summed E-state index contributed by atoms with van der Waals surface area (Å²) in [6.07, 6.45) is 1.53. The Morgan fingerprint density at radius 2 is 1.64 bits per heavy atom. The second-order valence-corrected chi connectivity index (χ2v) is 20.5. The maximum Gasteiger partial charge on any atom is 0.247 e. The molecule has 20 heteroatoms. The zero-order chi connectivity index (χ0) is 53.6. The number of likely N-dealkylation sites (tertiary alicyclic amines) is 1. The summed E-state index contributed by atoms with van der Waals surface area (Å²) in [7, 11) is 1.46. The lowest BCUT2D eigenvalue weighted by Crippen LogP contribution is -2.57. The number of aromatic nitrogens is 2. The van der Waals surface area contributed by atoms with E-state index in [1.54, 1.807) is 35.0 Å². The van der Waals surface area contributed by atoms with Gasteiger partial charge in [0.05, 0.1) is 53.7 Å². The number of amides is 5. The second kappa shape index (κ2) is 22.9. The van der Waals surface area contributed by atoms with E-state index in [1.165, 1.54) is 42.5 Å². The van der Waals surface area contributed by atoms with Crippen LogP contribution < -0.4 is 35.5 Å². The number of halogens is 2. The van der Waals surface area contributed by atoms with Crippen molar-refractivity contribution in [3.05, 3.63) is 120 Å². The summed E-state index contributed by atoms with van der Waals surface area (Å²) in [6.45, 7) is 8.10. The van der Waals surface area contributed by atoms with Gasteiger partial charge in [-0.15, -0.1) is 11.3 Å². The van der Waals surface area contributed by atoms with Gasteiger partial charge in [0.2, 0.25) is 29.5 Å². The van der Waals surface area contributed by atoms with Gasteiger partial charge in [0, 0.05) is 68.4 Å². The highest BCUT2D eigenvalue weighted by atomic mass is 32.1. The normalized spacial score (nSPS) is 16.2. The number of hydrogen-bond acceptors (Lipinski definition) is 13. The fourth-order valence-corrected chi connectivity index (χ4v) is 9.63. The number of hydrogen-bond donors (Lipinski definition) is 4. The van der Waals surface area contributed by atoms with E-state index >= 15 is 4.39 Å². The zero-order valence-corrected chi connectivity index (χ0v) is 43.0. The molecule has 75 heavy (non-hydrogen) atoms. The number of fused-ring (bicyclic) bond motifs is 1. The fraction of sp³-hybridized carbons (Fsp3) is 0.364. The number of carbonyl (C=O) groups is 5. The second-order valence-electron chi connectivity index (χ2n) is 19.6. The maximum atomic E-state index is 15.9. The minimum Gasteiger partial charge on any atom is -0.493 e. The van der Waals surface area contributed by atoms with E-state index in [-0.39, 0.29) is 81.5 Å². The van der Waals surface area contributed by atoms with Gasteiger partial charge in [-0.05, 0) is 84.8 Å². The Labute approximate surface area is 436 Å². The quantitative estimate of drug-likeness (QED) is 0.0403. The van der Waals surface area contributed by atoms with Crippen LogP contribution in [0.2, 0.25) is 0 Å². The molecule has 3 heterocycles. The number of ether oxygens (including phenoxy) is 4. The molecule has 4 aromatic carbocycles. The molecule has 6 aromatic rings. The molecule has 394 valence electrons. The molecule has 5 amide bonds. The molecule has 0 bridgehead atoms. The van der Waals surface area contributed by atoms with Crippen molar-refractivity contribution in [2.75, 3.05) is 38.4 Å². The van der Waals surface area contributed by atoms with Crippen molar-refractivity contribution in [2.45, 2.75) is 84.5 Å². The maximum absolute atomic E-state index is 15.9. The first-order valence-corrected chi connectivity index (χ1v) is 25.3. The SMILES string of the molecule is COc1cc2c(Oc3ccc(N(C(=O)C4(C(N)=O)CC4)c4ccc(F)cc4)cc3F)ccnc2cc1OCCCOCCC(=O)NC(C(=O)N1C[C@H](O)C[C@H]1C(=O)NCc1ccc(-c2scnc2C)cc1)C(C)(C)C. The van der Waals surface area contributed by atoms with Crippen molar-refractivity contribution < 1.29 is 56.8 Å². The van der Waals surface area contributed by atoms with Crippen LogP contribution in [0.3, 0.4) is 0 Å². The van der Waals surface area contributed by atoms with Crippen LogP contribution >= 0.6 is 11.3 Å². The number of β-amino-alcohol motifs (C(OH)–C–C–N with tert-alkyl or cyclic N) is 1. The number of aryl methyl sites for hydroxylation is 1. The monoisotopic (exact) mass is 1050 g/mol. The molecular formula is C55H59F2N7O10S. The zero-order valence-electron chi connectivity index (χ0n) is 42.2. The number of rotatable bonds is 21. The largest absolute Gasteiger partial charge is 0.493 e. The molecule has 1 aliphatic carbocycles. The molecular weight excluding hydrogens is 989 g/mol. The summed E-state index contributed by atoms with van der Waals surface area (Å²) in [5.41, 5.74) is 8.82. The third-order valence-electron chi connectivity index (χ3n) is 13.2. The Bertz CT molecular complexity index is 3070. The molecule has 1 saturated carbocycles. The molecule has 0 spiro atoms. The highest BCUT2D eigenvalue weighted by molar-refractivity contribution is 7.13. The first-order chi connectivity index (χ1) is 35.9. The van der Waals surface area contributed by atoms with Gasteiger partial charge in [0.15, 0.2) is 23.1 Å². The average Bonchev–Trinajstić information content (AvgIpc) is 3.96. The number of nitrogens with one attached hydrogen (secondary N) is 2. The molecule has 1 aliphatic heterocycles. The minimum atomic E-state index is -1.44. The third kappa shape index (κ3) is 12.4. The number of nitrogens with zero attached hydrogens (tertiary/aromatic N) is 4. The van der Waals surface area contributed by atoms with Gasteiger partial charge in [-0.25, -0.2) is 13.8 Å². The molecule has 1 unspecified atom stereocenters. The molecule has 2 aromatic heterocycles. The van der Waals surface area contributed by atoms with Gasteiger partial charge in [-0.2, -0.15) is 0 Å². The predicted molar refractivity (Wildman–Crippen MR) is 276 cm³/mol. The topological polar surface area (TPSA) is 225 Å². The molecule has 3 atom stereocenters. The van der Waals surface area contributed by atoms with Gasteiger partial charge in [-0.1, -0.05) is 45.0 Å². The van der Waals surface area contributed by atoms with E-state index in [0.717, 1.165) is 44.8 Å². The number of carbonyl (C=O) groups excluding carboxylic acids is 5. The van der Waals surface area contributed by atoms with Crippen molar-refractivity contribution in [2.24, 2.45) is 16.6 Å². The minimum absolute atomic E-state index is 0.0388. The number of anilines is 2. The number of pyridine rings is 1. The number of benzene rings is 4. The van der Waals surface area contributed by atoms with Gasteiger partial charge in [0.25, 0.3) is 0 Å². The number of primary amides is 1. The summed E-state index contributed by atoms with van der Waals surface area (Å²) in [4.78, 5) is 79.1. The van der Waals surface area contributed by atoms with E-state index in [2.05, 4.69) is 20.6 Å². The lowest BCUT2D eigenvalue weighted by atomic mass is 9.85. The van der Waals surface area contributed by atoms with Gasteiger partial charge in [0.1, 0.15) is 29.1 Å². The molecule has 5 N–H and O–H groups in total. The molecule has 2 aliphatic rings.